The van der Waals surface area contributed by atoms with Gasteiger partial charge in [0.05, 0.1) is 23.7 Å². The topological polar surface area (TPSA) is 60.2 Å². The molecule has 0 aliphatic carbocycles. The third-order valence-corrected chi connectivity index (χ3v) is 3.33. The number of hydrogen-bond acceptors (Lipinski definition) is 4. The monoisotopic (exact) mass is 251 g/mol. The summed E-state index contributed by atoms with van der Waals surface area (Å²) in [4.78, 5) is 4.51. The number of thiocarbonyl (C=S) groups is 1. The van der Waals surface area contributed by atoms with E-state index in [-0.39, 0.29) is 0 Å². The molecule has 92 valence electrons. The summed E-state index contributed by atoms with van der Waals surface area (Å²) in [5.74, 6) is 0.574. The summed E-state index contributed by atoms with van der Waals surface area (Å²) in [6.07, 6.45) is 3.22. The minimum atomic E-state index is 0.328. The summed E-state index contributed by atoms with van der Waals surface area (Å²) in [5, 5.41) is 3.36. The highest BCUT2D eigenvalue weighted by molar-refractivity contribution is 7.80. The maximum atomic E-state index is 5.52. The molecule has 4 nitrogen and oxygen atoms in total. The number of nitrogens with one attached hydrogen (secondary N) is 1. The molecule has 0 spiro atoms. The first-order valence-electron chi connectivity index (χ1n) is 5.78. The Balaban J connectivity index is 1.88. The average Bonchev–Trinajstić information content (AvgIpc) is 2.73. The number of anilines is 1. The van der Waals surface area contributed by atoms with E-state index in [0.717, 1.165) is 25.3 Å². The van der Waals surface area contributed by atoms with Crippen molar-refractivity contribution in [1.82, 2.24) is 4.98 Å². The van der Waals surface area contributed by atoms with Crippen LogP contribution in [0.5, 0.6) is 0 Å². The molecule has 1 fully saturated rings. The molecule has 2 unspecified atom stereocenters. The van der Waals surface area contributed by atoms with Gasteiger partial charge in [-0.25, -0.2) is 0 Å². The van der Waals surface area contributed by atoms with Crippen molar-refractivity contribution in [2.75, 3.05) is 18.5 Å². The van der Waals surface area contributed by atoms with Gasteiger partial charge in [0.25, 0.3) is 0 Å². The maximum Gasteiger partial charge on any atom is 0.122 e. The molecule has 0 radical (unpaired) electrons. The van der Waals surface area contributed by atoms with Crippen molar-refractivity contribution in [3.05, 3.63) is 24.0 Å². The van der Waals surface area contributed by atoms with Crippen LogP contribution in [0.15, 0.2) is 18.3 Å². The van der Waals surface area contributed by atoms with E-state index in [1.54, 1.807) is 6.20 Å². The van der Waals surface area contributed by atoms with Crippen molar-refractivity contribution in [3.8, 4) is 0 Å². The second-order valence-electron chi connectivity index (χ2n) is 4.30. The van der Waals surface area contributed by atoms with Crippen LogP contribution in [0.1, 0.15) is 19.0 Å². The fraction of sp³-hybridized carbons (Fsp3) is 0.500. The summed E-state index contributed by atoms with van der Waals surface area (Å²) in [7, 11) is 0. The van der Waals surface area contributed by atoms with Gasteiger partial charge in [-0.2, -0.15) is 0 Å². The largest absolute Gasteiger partial charge is 0.388 e. The highest BCUT2D eigenvalue weighted by Gasteiger charge is 2.23. The van der Waals surface area contributed by atoms with Gasteiger partial charge in [0.2, 0.25) is 0 Å². The fourth-order valence-corrected chi connectivity index (χ4v) is 2.06. The van der Waals surface area contributed by atoms with E-state index in [9.17, 15) is 0 Å². The Bertz CT molecular complexity index is 393. The lowest BCUT2D eigenvalue weighted by atomic mass is 10.0. The van der Waals surface area contributed by atoms with Gasteiger partial charge in [0, 0.05) is 19.1 Å². The first-order valence-corrected chi connectivity index (χ1v) is 6.19. The van der Waals surface area contributed by atoms with E-state index in [2.05, 4.69) is 17.2 Å². The fourth-order valence-electron chi connectivity index (χ4n) is 1.94. The van der Waals surface area contributed by atoms with Crippen molar-refractivity contribution >= 4 is 22.9 Å². The Morgan fingerprint density at radius 1 is 1.65 bits per heavy atom. The Labute approximate surface area is 107 Å². The minimum Gasteiger partial charge on any atom is -0.388 e. The Kier molecular flexibility index (Phi) is 3.91. The molecular weight excluding hydrogens is 234 g/mol. The molecule has 0 saturated carbocycles. The van der Waals surface area contributed by atoms with Crippen LogP contribution < -0.4 is 11.1 Å². The molecular formula is C12H17N3OS. The van der Waals surface area contributed by atoms with Crippen LogP contribution in [0.25, 0.3) is 0 Å². The van der Waals surface area contributed by atoms with Crippen LogP contribution >= 0.6 is 12.2 Å². The zero-order valence-electron chi connectivity index (χ0n) is 9.85. The third-order valence-electron chi connectivity index (χ3n) is 3.12. The Morgan fingerprint density at radius 3 is 3.00 bits per heavy atom. The molecule has 2 rings (SSSR count). The molecule has 1 aromatic heterocycles. The SMILES string of the molecule is CC1OCCC1CNc1ccc(C(N)=S)nc1. The van der Waals surface area contributed by atoms with E-state index >= 15 is 0 Å². The molecule has 0 amide bonds. The van der Waals surface area contributed by atoms with Crippen LogP contribution in [0.4, 0.5) is 5.69 Å². The van der Waals surface area contributed by atoms with Gasteiger partial charge < -0.3 is 15.8 Å². The molecule has 1 aliphatic heterocycles. The van der Waals surface area contributed by atoms with E-state index in [1.807, 2.05) is 12.1 Å². The number of pyridine rings is 1. The normalized spacial score (nSPS) is 23.6. The molecule has 2 heterocycles. The van der Waals surface area contributed by atoms with Crippen LogP contribution in [-0.4, -0.2) is 29.2 Å². The summed E-state index contributed by atoms with van der Waals surface area (Å²) < 4.78 is 5.52. The number of aromatic nitrogens is 1. The summed E-state index contributed by atoms with van der Waals surface area (Å²) >= 11 is 4.85. The predicted molar refractivity (Wildman–Crippen MR) is 72.1 cm³/mol. The number of ether oxygens (including phenoxy) is 1. The molecule has 17 heavy (non-hydrogen) atoms. The second-order valence-corrected chi connectivity index (χ2v) is 4.74. The van der Waals surface area contributed by atoms with E-state index in [4.69, 9.17) is 22.7 Å². The van der Waals surface area contributed by atoms with Gasteiger partial charge in [-0.05, 0) is 25.5 Å². The summed E-state index contributed by atoms with van der Waals surface area (Å²) in [6, 6.07) is 3.78. The van der Waals surface area contributed by atoms with Crippen LogP contribution in [0.3, 0.4) is 0 Å². The van der Waals surface area contributed by atoms with Gasteiger partial charge in [-0.1, -0.05) is 12.2 Å². The van der Waals surface area contributed by atoms with E-state index in [1.165, 1.54) is 0 Å². The van der Waals surface area contributed by atoms with Gasteiger partial charge in [0.1, 0.15) is 4.99 Å². The zero-order valence-corrected chi connectivity index (χ0v) is 10.7. The lowest BCUT2D eigenvalue weighted by molar-refractivity contribution is 0.108. The van der Waals surface area contributed by atoms with Crippen molar-refractivity contribution in [2.24, 2.45) is 11.7 Å². The third kappa shape index (κ3) is 3.14. The van der Waals surface area contributed by atoms with Gasteiger partial charge in [-0.3, -0.25) is 4.98 Å². The minimum absolute atomic E-state index is 0.328. The highest BCUT2D eigenvalue weighted by Crippen LogP contribution is 2.20. The van der Waals surface area contributed by atoms with Crippen molar-refractivity contribution in [1.29, 1.82) is 0 Å². The smallest absolute Gasteiger partial charge is 0.122 e. The number of nitrogens with two attached hydrogens (primary N) is 1. The number of rotatable bonds is 4. The van der Waals surface area contributed by atoms with Crippen LogP contribution in [0.2, 0.25) is 0 Å². The summed E-state index contributed by atoms with van der Waals surface area (Å²) in [6.45, 7) is 3.90. The van der Waals surface area contributed by atoms with Crippen molar-refractivity contribution in [3.63, 3.8) is 0 Å². The van der Waals surface area contributed by atoms with Gasteiger partial charge >= 0.3 is 0 Å². The number of nitrogens with zero attached hydrogens (tertiary/aromatic N) is 1. The molecule has 1 saturated heterocycles. The molecule has 3 N–H and O–H groups in total. The highest BCUT2D eigenvalue weighted by atomic mass is 32.1. The quantitative estimate of drug-likeness (QED) is 0.795. The van der Waals surface area contributed by atoms with Crippen molar-refractivity contribution < 1.29 is 4.74 Å². The lowest BCUT2D eigenvalue weighted by Crippen LogP contribution is -2.21. The van der Waals surface area contributed by atoms with E-state index < -0.39 is 0 Å². The first-order chi connectivity index (χ1) is 8.16. The predicted octanol–water partition coefficient (Wildman–Crippen LogP) is 1.55. The number of hydrogen-bond donors (Lipinski definition) is 2. The molecule has 1 aromatic rings. The zero-order chi connectivity index (χ0) is 12.3. The molecule has 1 aliphatic rings. The first kappa shape index (κ1) is 12.3. The van der Waals surface area contributed by atoms with Crippen molar-refractivity contribution in [2.45, 2.75) is 19.4 Å². The maximum absolute atomic E-state index is 5.52. The standard InChI is InChI=1S/C12H17N3OS/c1-8-9(4-5-16-8)6-14-10-2-3-11(12(13)17)15-7-10/h2-3,7-9,14H,4-6H2,1H3,(H2,13,17). The Morgan fingerprint density at radius 2 is 2.47 bits per heavy atom. The van der Waals surface area contributed by atoms with Gasteiger partial charge in [-0.15, -0.1) is 0 Å². The van der Waals surface area contributed by atoms with Gasteiger partial charge in [0.15, 0.2) is 0 Å². The van der Waals surface area contributed by atoms with Crippen LogP contribution in [0, 0.1) is 5.92 Å². The van der Waals surface area contributed by atoms with Crippen LogP contribution in [-0.2, 0) is 4.74 Å². The molecule has 5 heteroatoms. The lowest BCUT2D eigenvalue weighted by Gasteiger charge is -2.15. The second kappa shape index (κ2) is 5.42. The molecule has 0 bridgehead atoms. The average molecular weight is 251 g/mol. The molecule has 2 atom stereocenters. The summed E-state index contributed by atoms with van der Waals surface area (Å²) in [5.41, 5.74) is 7.13. The Hall–Kier alpha value is -1.20. The molecule has 0 aromatic carbocycles. The van der Waals surface area contributed by atoms with E-state index in [0.29, 0.717) is 22.7 Å².